The number of nitrogens with one attached hydrogen (secondary N) is 1. The van der Waals surface area contributed by atoms with Crippen LogP contribution in [0.25, 0.3) is 0 Å². The molecule has 3 N–H and O–H groups in total. The zero-order valence-electron chi connectivity index (χ0n) is 7.87. The van der Waals surface area contributed by atoms with Crippen LogP contribution >= 0.6 is 27.3 Å². The van der Waals surface area contributed by atoms with Crippen LogP contribution in [0.1, 0.15) is 11.0 Å². The first-order valence-electron chi connectivity index (χ1n) is 4.73. The third-order valence-corrected chi connectivity index (χ3v) is 4.12. The van der Waals surface area contributed by atoms with E-state index in [0.29, 0.717) is 0 Å². The molecule has 1 aliphatic heterocycles. The van der Waals surface area contributed by atoms with E-state index in [0.717, 1.165) is 30.0 Å². The standard InChI is InChI=1S/C9H14BrN3S/c10-8-2-1-7(14-8)9(11)13-5-3-12-4-6-13/h1-2,9,12H,3-6,11H2. The van der Waals surface area contributed by atoms with Crippen molar-refractivity contribution in [2.24, 2.45) is 5.73 Å². The monoisotopic (exact) mass is 275 g/mol. The van der Waals surface area contributed by atoms with E-state index in [1.165, 1.54) is 4.88 Å². The van der Waals surface area contributed by atoms with Gasteiger partial charge in [0.2, 0.25) is 0 Å². The lowest BCUT2D eigenvalue weighted by atomic mass is 10.3. The van der Waals surface area contributed by atoms with Gasteiger partial charge in [-0.25, -0.2) is 0 Å². The van der Waals surface area contributed by atoms with Crippen LogP contribution in [0.2, 0.25) is 0 Å². The van der Waals surface area contributed by atoms with Gasteiger partial charge in [0.15, 0.2) is 0 Å². The Balaban J connectivity index is 2.03. The maximum absolute atomic E-state index is 6.17. The molecule has 0 aromatic carbocycles. The van der Waals surface area contributed by atoms with Crippen molar-refractivity contribution in [3.05, 3.63) is 20.8 Å². The number of thiophene rings is 1. The van der Waals surface area contributed by atoms with E-state index in [-0.39, 0.29) is 6.17 Å². The number of piperazine rings is 1. The van der Waals surface area contributed by atoms with Crippen LogP contribution < -0.4 is 11.1 Å². The number of hydrogen-bond acceptors (Lipinski definition) is 4. The summed E-state index contributed by atoms with van der Waals surface area (Å²) in [5.74, 6) is 0. The normalized spacial score (nSPS) is 21.0. The summed E-state index contributed by atoms with van der Waals surface area (Å²) >= 11 is 5.18. The van der Waals surface area contributed by atoms with Crippen LogP contribution in [0.3, 0.4) is 0 Å². The predicted octanol–water partition coefficient (Wildman–Crippen LogP) is 1.37. The minimum Gasteiger partial charge on any atom is -0.314 e. The molecule has 0 bridgehead atoms. The maximum atomic E-state index is 6.17. The lowest BCUT2D eigenvalue weighted by Gasteiger charge is -2.31. The number of nitrogens with zero attached hydrogens (tertiary/aromatic N) is 1. The van der Waals surface area contributed by atoms with Crippen molar-refractivity contribution in [1.82, 2.24) is 10.2 Å². The minimum atomic E-state index is 0.0633. The number of rotatable bonds is 2. The summed E-state index contributed by atoms with van der Waals surface area (Å²) in [5, 5.41) is 3.32. The molecule has 3 nitrogen and oxygen atoms in total. The summed E-state index contributed by atoms with van der Waals surface area (Å²) in [6.07, 6.45) is 0.0633. The molecule has 78 valence electrons. The van der Waals surface area contributed by atoms with Gasteiger partial charge in [-0.05, 0) is 28.1 Å². The quantitative estimate of drug-likeness (QED) is 0.857. The highest BCUT2D eigenvalue weighted by Gasteiger charge is 2.19. The Hall–Kier alpha value is 0.0600. The summed E-state index contributed by atoms with van der Waals surface area (Å²) < 4.78 is 1.15. The first-order chi connectivity index (χ1) is 6.77. The van der Waals surface area contributed by atoms with Crippen LogP contribution in [0.15, 0.2) is 15.9 Å². The summed E-state index contributed by atoms with van der Waals surface area (Å²) in [4.78, 5) is 3.55. The fraction of sp³-hybridized carbons (Fsp3) is 0.556. The SMILES string of the molecule is NC(c1ccc(Br)s1)N1CCNCC1. The third-order valence-electron chi connectivity index (χ3n) is 2.43. The van der Waals surface area contributed by atoms with Gasteiger partial charge in [0.25, 0.3) is 0 Å². The Morgan fingerprint density at radius 1 is 1.43 bits per heavy atom. The van der Waals surface area contributed by atoms with Gasteiger partial charge in [-0.3, -0.25) is 4.90 Å². The second-order valence-corrected chi connectivity index (χ2v) is 5.87. The van der Waals surface area contributed by atoms with Crippen molar-refractivity contribution in [3.63, 3.8) is 0 Å². The molecule has 1 aromatic heterocycles. The summed E-state index contributed by atoms with van der Waals surface area (Å²) in [6, 6.07) is 4.16. The van der Waals surface area contributed by atoms with Gasteiger partial charge in [-0.1, -0.05) is 0 Å². The average molecular weight is 276 g/mol. The minimum absolute atomic E-state index is 0.0633. The van der Waals surface area contributed by atoms with Gasteiger partial charge in [-0.15, -0.1) is 11.3 Å². The van der Waals surface area contributed by atoms with Crippen LogP contribution in [-0.2, 0) is 0 Å². The zero-order chi connectivity index (χ0) is 9.97. The molecule has 0 amide bonds. The lowest BCUT2D eigenvalue weighted by molar-refractivity contribution is 0.180. The molecule has 1 unspecified atom stereocenters. The van der Waals surface area contributed by atoms with E-state index < -0.39 is 0 Å². The van der Waals surface area contributed by atoms with Crippen LogP contribution in [0.4, 0.5) is 0 Å². The second kappa shape index (κ2) is 4.72. The highest BCUT2D eigenvalue weighted by atomic mass is 79.9. The highest BCUT2D eigenvalue weighted by Crippen LogP contribution is 2.27. The molecular formula is C9H14BrN3S. The van der Waals surface area contributed by atoms with E-state index in [1.807, 2.05) is 0 Å². The van der Waals surface area contributed by atoms with E-state index in [4.69, 9.17) is 5.73 Å². The molecule has 2 rings (SSSR count). The number of nitrogens with two attached hydrogens (primary N) is 1. The molecule has 0 saturated carbocycles. The first kappa shape index (κ1) is 10.6. The molecule has 2 heterocycles. The molecule has 0 radical (unpaired) electrons. The van der Waals surface area contributed by atoms with E-state index >= 15 is 0 Å². The topological polar surface area (TPSA) is 41.3 Å². The Kier molecular flexibility index (Phi) is 3.57. The number of hydrogen-bond donors (Lipinski definition) is 2. The second-order valence-electron chi connectivity index (χ2n) is 3.37. The average Bonchev–Trinajstić information content (AvgIpc) is 2.65. The fourth-order valence-electron chi connectivity index (χ4n) is 1.63. The zero-order valence-corrected chi connectivity index (χ0v) is 10.3. The predicted molar refractivity (Wildman–Crippen MR) is 63.4 cm³/mol. The summed E-state index contributed by atoms with van der Waals surface area (Å²) in [5.41, 5.74) is 6.17. The van der Waals surface area contributed by atoms with Gasteiger partial charge >= 0.3 is 0 Å². The van der Waals surface area contributed by atoms with Gasteiger partial charge in [0.05, 0.1) is 9.95 Å². The van der Waals surface area contributed by atoms with Crippen LogP contribution in [-0.4, -0.2) is 31.1 Å². The molecule has 0 spiro atoms. The largest absolute Gasteiger partial charge is 0.314 e. The number of halogens is 1. The van der Waals surface area contributed by atoms with Gasteiger partial charge in [0.1, 0.15) is 0 Å². The third kappa shape index (κ3) is 2.35. The van der Waals surface area contributed by atoms with Crippen LogP contribution in [0, 0.1) is 0 Å². The fourth-order valence-corrected chi connectivity index (χ4v) is 3.09. The van der Waals surface area contributed by atoms with Crippen molar-refractivity contribution in [1.29, 1.82) is 0 Å². The molecule has 1 saturated heterocycles. The van der Waals surface area contributed by atoms with Crippen molar-refractivity contribution >= 4 is 27.3 Å². The van der Waals surface area contributed by atoms with Gasteiger partial charge < -0.3 is 11.1 Å². The maximum Gasteiger partial charge on any atom is 0.0931 e. The lowest BCUT2D eigenvalue weighted by Crippen LogP contribution is -2.47. The summed E-state index contributed by atoms with van der Waals surface area (Å²) in [7, 11) is 0. The smallest absolute Gasteiger partial charge is 0.0931 e. The highest BCUT2D eigenvalue weighted by molar-refractivity contribution is 9.11. The Morgan fingerprint density at radius 2 is 2.14 bits per heavy atom. The first-order valence-corrected chi connectivity index (χ1v) is 6.34. The molecule has 14 heavy (non-hydrogen) atoms. The molecule has 1 atom stereocenters. The summed E-state index contributed by atoms with van der Waals surface area (Å²) in [6.45, 7) is 4.16. The van der Waals surface area contributed by atoms with Crippen molar-refractivity contribution in [2.45, 2.75) is 6.17 Å². The molecule has 0 aliphatic carbocycles. The molecular weight excluding hydrogens is 262 g/mol. The van der Waals surface area contributed by atoms with E-state index in [1.54, 1.807) is 11.3 Å². The molecule has 1 fully saturated rings. The Morgan fingerprint density at radius 3 is 2.71 bits per heavy atom. The van der Waals surface area contributed by atoms with Crippen molar-refractivity contribution in [3.8, 4) is 0 Å². The van der Waals surface area contributed by atoms with Crippen LogP contribution in [0.5, 0.6) is 0 Å². The van der Waals surface area contributed by atoms with Gasteiger partial charge in [-0.2, -0.15) is 0 Å². The van der Waals surface area contributed by atoms with Crippen molar-refractivity contribution in [2.75, 3.05) is 26.2 Å². The molecule has 1 aromatic rings. The Bertz CT molecular complexity index is 296. The van der Waals surface area contributed by atoms with E-state index in [9.17, 15) is 0 Å². The Labute approximate surface area is 96.4 Å². The molecule has 5 heteroatoms. The molecule has 1 aliphatic rings. The van der Waals surface area contributed by atoms with Gasteiger partial charge in [0, 0.05) is 31.1 Å². The van der Waals surface area contributed by atoms with E-state index in [2.05, 4.69) is 38.3 Å². The van der Waals surface area contributed by atoms with Crippen molar-refractivity contribution < 1.29 is 0 Å².